The van der Waals surface area contributed by atoms with Gasteiger partial charge in [0.25, 0.3) is 5.91 Å². The van der Waals surface area contributed by atoms with E-state index in [1.165, 1.54) is 0 Å². The highest BCUT2D eigenvalue weighted by Gasteiger charge is 2.13. The summed E-state index contributed by atoms with van der Waals surface area (Å²) in [7, 11) is -3.42. The van der Waals surface area contributed by atoms with E-state index in [1.807, 2.05) is 6.92 Å². The van der Waals surface area contributed by atoms with Gasteiger partial charge in [-0.3, -0.25) is 9.52 Å². The molecule has 1 aromatic rings. The summed E-state index contributed by atoms with van der Waals surface area (Å²) in [5.74, 6) is -0.161. The van der Waals surface area contributed by atoms with Crippen LogP contribution in [0.2, 0.25) is 0 Å². The van der Waals surface area contributed by atoms with Crippen LogP contribution in [-0.2, 0) is 10.0 Å². The summed E-state index contributed by atoms with van der Waals surface area (Å²) in [5, 5.41) is 2.72. The van der Waals surface area contributed by atoms with Gasteiger partial charge in [0.1, 0.15) is 0 Å². The molecule has 0 saturated heterocycles. The molecular formula is C12H20ClN3O3S. The van der Waals surface area contributed by atoms with Crippen molar-refractivity contribution in [3.8, 4) is 0 Å². The topological polar surface area (TPSA) is 101 Å². The summed E-state index contributed by atoms with van der Waals surface area (Å²) in [6, 6.07) is 6.44. The van der Waals surface area contributed by atoms with Crippen LogP contribution in [0.3, 0.4) is 0 Å². The molecule has 4 N–H and O–H groups in total. The van der Waals surface area contributed by atoms with Gasteiger partial charge >= 0.3 is 0 Å². The molecule has 1 aromatic carbocycles. The van der Waals surface area contributed by atoms with Gasteiger partial charge in [0.15, 0.2) is 0 Å². The Hall–Kier alpha value is -1.31. The third-order valence-corrected chi connectivity index (χ3v) is 3.07. The molecule has 0 aromatic heterocycles. The zero-order chi connectivity index (χ0) is 14.5. The Balaban J connectivity index is 0.00000361. The van der Waals surface area contributed by atoms with E-state index in [2.05, 4.69) is 10.0 Å². The fraction of sp³-hybridized carbons (Fsp3) is 0.417. The lowest BCUT2D eigenvalue weighted by atomic mass is 10.1. The van der Waals surface area contributed by atoms with Gasteiger partial charge < -0.3 is 11.1 Å². The fourth-order valence-electron chi connectivity index (χ4n) is 1.42. The minimum atomic E-state index is -3.42. The number of rotatable bonds is 6. The molecule has 0 fully saturated rings. The van der Waals surface area contributed by atoms with E-state index < -0.39 is 10.0 Å². The lowest BCUT2D eigenvalue weighted by molar-refractivity contribution is 0.0949. The van der Waals surface area contributed by atoms with E-state index in [4.69, 9.17) is 5.73 Å². The number of nitrogens with one attached hydrogen (secondary N) is 2. The maximum Gasteiger partial charge on any atom is 0.253 e. The molecule has 20 heavy (non-hydrogen) atoms. The van der Waals surface area contributed by atoms with Crippen molar-refractivity contribution in [2.24, 2.45) is 11.7 Å². The highest BCUT2D eigenvalue weighted by Crippen LogP contribution is 2.16. The molecule has 1 rings (SSSR count). The normalized spacial score (nSPS) is 12.2. The third-order valence-electron chi connectivity index (χ3n) is 2.48. The lowest BCUT2D eigenvalue weighted by Gasteiger charge is -2.13. The Morgan fingerprint density at radius 1 is 1.35 bits per heavy atom. The average Bonchev–Trinajstić information content (AvgIpc) is 2.34. The van der Waals surface area contributed by atoms with Crippen LogP contribution in [0.1, 0.15) is 17.3 Å². The molecule has 0 aliphatic heterocycles. The molecule has 1 atom stereocenters. The second-order valence-electron chi connectivity index (χ2n) is 4.47. The molecule has 1 unspecified atom stereocenters. The molecule has 0 bridgehead atoms. The van der Waals surface area contributed by atoms with E-state index in [-0.39, 0.29) is 35.5 Å². The van der Waals surface area contributed by atoms with Gasteiger partial charge in [-0.15, -0.1) is 12.4 Å². The highest BCUT2D eigenvalue weighted by atomic mass is 35.5. The first-order chi connectivity index (χ1) is 8.83. The number of hydrogen-bond acceptors (Lipinski definition) is 4. The molecule has 0 saturated carbocycles. The number of halogens is 1. The molecule has 0 spiro atoms. The van der Waals surface area contributed by atoms with Crippen LogP contribution in [-0.4, -0.2) is 33.7 Å². The van der Waals surface area contributed by atoms with Gasteiger partial charge in [0.05, 0.1) is 17.5 Å². The molecule has 0 radical (unpaired) electrons. The number of hydrogen-bond donors (Lipinski definition) is 3. The first kappa shape index (κ1) is 18.7. The van der Waals surface area contributed by atoms with Crippen LogP contribution >= 0.6 is 12.4 Å². The van der Waals surface area contributed by atoms with Crippen molar-refractivity contribution in [1.29, 1.82) is 0 Å². The Morgan fingerprint density at radius 3 is 2.50 bits per heavy atom. The quantitative estimate of drug-likeness (QED) is 0.721. The number of benzene rings is 1. The average molecular weight is 322 g/mol. The molecule has 8 heteroatoms. The molecule has 114 valence electrons. The summed E-state index contributed by atoms with van der Waals surface area (Å²) in [6.07, 6.45) is 1.04. The van der Waals surface area contributed by atoms with E-state index >= 15 is 0 Å². The number of carbonyl (C=O) groups excluding carboxylic acids is 1. The smallest absolute Gasteiger partial charge is 0.253 e. The minimum Gasteiger partial charge on any atom is -0.352 e. The van der Waals surface area contributed by atoms with Crippen molar-refractivity contribution < 1.29 is 13.2 Å². The zero-order valence-electron chi connectivity index (χ0n) is 11.4. The van der Waals surface area contributed by atoms with Gasteiger partial charge in [-0.05, 0) is 24.6 Å². The van der Waals surface area contributed by atoms with Crippen LogP contribution in [0.5, 0.6) is 0 Å². The SMILES string of the molecule is CC(CN)CNC(=O)c1ccccc1NS(C)(=O)=O.Cl. The molecule has 6 nitrogen and oxygen atoms in total. The summed E-state index contributed by atoms with van der Waals surface area (Å²) < 4.78 is 24.8. The number of sulfonamides is 1. The minimum absolute atomic E-state index is 0. The standard InChI is InChI=1S/C12H19N3O3S.ClH/c1-9(7-13)8-14-12(16)10-5-3-4-6-11(10)15-19(2,17)18;/h3-6,9,15H,7-8,13H2,1-2H3,(H,14,16);1H. The van der Waals surface area contributed by atoms with Gasteiger partial charge in [-0.25, -0.2) is 8.42 Å². The first-order valence-electron chi connectivity index (χ1n) is 5.88. The number of anilines is 1. The zero-order valence-corrected chi connectivity index (χ0v) is 13.1. The Bertz CT molecular complexity index is 549. The third kappa shape index (κ3) is 6.23. The largest absolute Gasteiger partial charge is 0.352 e. The number of amides is 1. The second kappa shape index (κ2) is 8.08. The molecule has 0 aliphatic rings. The van der Waals surface area contributed by atoms with Crippen molar-refractivity contribution >= 4 is 34.0 Å². The molecule has 0 aliphatic carbocycles. The van der Waals surface area contributed by atoms with Gasteiger partial charge in [0.2, 0.25) is 10.0 Å². The monoisotopic (exact) mass is 321 g/mol. The molecular weight excluding hydrogens is 302 g/mol. The highest BCUT2D eigenvalue weighted by molar-refractivity contribution is 7.92. The number of para-hydroxylation sites is 1. The van der Waals surface area contributed by atoms with E-state index in [0.29, 0.717) is 13.1 Å². The van der Waals surface area contributed by atoms with Crippen molar-refractivity contribution in [2.75, 3.05) is 24.1 Å². The summed E-state index contributed by atoms with van der Waals surface area (Å²) >= 11 is 0. The van der Waals surface area contributed by atoms with E-state index in [1.54, 1.807) is 24.3 Å². The summed E-state index contributed by atoms with van der Waals surface area (Å²) in [5.41, 5.74) is 6.02. The number of carbonyl (C=O) groups is 1. The predicted molar refractivity (Wildman–Crippen MR) is 82.7 cm³/mol. The number of nitrogens with two attached hydrogens (primary N) is 1. The van der Waals surface area contributed by atoms with Crippen molar-refractivity contribution in [2.45, 2.75) is 6.92 Å². The van der Waals surface area contributed by atoms with Gasteiger partial charge in [-0.2, -0.15) is 0 Å². The first-order valence-corrected chi connectivity index (χ1v) is 7.77. The van der Waals surface area contributed by atoms with E-state index in [0.717, 1.165) is 6.26 Å². The summed E-state index contributed by atoms with van der Waals surface area (Å²) in [6.45, 7) is 2.84. The van der Waals surface area contributed by atoms with Crippen molar-refractivity contribution in [3.05, 3.63) is 29.8 Å². The second-order valence-corrected chi connectivity index (χ2v) is 6.22. The fourth-order valence-corrected chi connectivity index (χ4v) is 1.99. The lowest BCUT2D eigenvalue weighted by Crippen LogP contribution is -2.31. The van der Waals surface area contributed by atoms with E-state index in [9.17, 15) is 13.2 Å². The van der Waals surface area contributed by atoms with Crippen LogP contribution in [0.15, 0.2) is 24.3 Å². The predicted octanol–water partition coefficient (Wildman–Crippen LogP) is 0.804. The maximum atomic E-state index is 12.0. The Morgan fingerprint density at radius 2 is 1.95 bits per heavy atom. The van der Waals surface area contributed by atoms with Gasteiger partial charge in [-0.1, -0.05) is 19.1 Å². The molecule has 0 heterocycles. The van der Waals surface area contributed by atoms with Crippen LogP contribution in [0.25, 0.3) is 0 Å². The Labute approximate surface area is 125 Å². The van der Waals surface area contributed by atoms with Crippen LogP contribution in [0, 0.1) is 5.92 Å². The molecule has 1 amide bonds. The van der Waals surface area contributed by atoms with Crippen LogP contribution in [0.4, 0.5) is 5.69 Å². The Kier molecular flexibility index (Phi) is 7.55. The van der Waals surface area contributed by atoms with Gasteiger partial charge in [0, 0.05) is 6.54 Å². The van der Waals surface area contributed by atoms with Crippen molar-refractivity contribution in [3.63, 3.8) is 0 Å². The van der Waals surface area contributed by atoms with Crippen molar-refractivity contribution in [1.82, 2.24) is 5.32 Å². The summed E-state index contributed by atoms with van der Waals surface area (Å²) in [4.78, 5) is 12.0. The maximum absolute atomic E-state index is 12.0. The van der Waals surface area contributed by atoms with Crippen LogP contribution < -0.4 is 15.8 Å².